The summed E-state index contributed by atoms with van der Waals surface area (Å²) in [6.07, 6.45) is 0. The molecule has 1 aromatic carbocycles. The van der Waals surface area contributed by atoms with Gasteiger partial charge in [0.05, 0.1) is 22.2 Å². The van der Waals surface area contributed by atoms with Crippen LogP contribution in [0.1, 0.15) is 39.3 Å². The van der Waals surface area contributed by atoms with E-state index in [1.807, 2.05) is 13.0 Å². The first kappa shape index (κ1) is 19.2. The quantitative estimate of drug-likeness (QED) is 0.741. The average Bonchev–Trinajstić information content (AvgIpc) is 2.49. The van der Waals surface area contributed by atoms with Crippen molar-refractivity contribution in [1.29, 1.82) is 0 Å². The van der Waals surface area contributed by atoms with Crippen LogP contribution in [0.5, 0.6) is 0 Å². The second-order valence-electron chi connectivity index (χ2n) is 5.53. The zero-order chi connectivity index (χ0) is 17.9. The molecule has 0 fully saturated rings. The van der Waals surface area contributed by atoms with Crippen molar-refractivity contribution in [2.75, 3.05) is 6.61 Å². The van der Waals surface area contributed by atoms with E-state index in [0.717, 1.165) is 5.17 Å². The summed E-state index contributed by atoms with van der Waals surface area (Å²) in [4.78, 5) is 17.1. The monoisotopic (exact) mass is 386 g/mol. The van der Waals surface area contributed by atoms with Crippen LogP contribution in [0.3, 0.4) is 0 Å². The minimum atomic E-state index is -0.544. The normalized spacial score (nSPS) is 17.6. The molecular weight excluding hydrogens is 367 g/mol. The Labute approximate surface area is 156 Å². The van der Waals surface area contributed by atoms with Gasteiger partial charge in [0, 0.05) is 16.5 Å². The second kappa shape index (κ2) is 8.28. The Morgan fingerprint density at radius 2 is 2.12 bits per heavy atom. The number of halogens is 2. The maximum atomic E-state index is 12.4. The van der Waals surface area contributed by atoms with Crippen molar-refractivity contribution in [2.24, 2.45) is 4.99 Å². The average molecular weight is 387 g/mol. The summed E-state index contributed by atoms with van der Waals surface area (Å²) >= 11 is 14.1. The second-order valence-corrected chi connectivity index (χ2v) is 7.88. The van der Waals surface area contributed by atoms with E-state index in [9.17, 15) is 4.79 Å². The zero-order valence-electron chi connectivity index (χ0n) is 14.0. The Hall–Kier alpha value is -1.17. The summed E-state index contributed by atoms with van der Waals surface area (Å²) in [5.41, 5.74) is 1.86. The van der Waals surface area contributed by atoms with Crippen molar-refractivity contribution in [1.82, 2.24) is 5.32 Å². The third-order valence-corrected chi connectivity index (χ3v) is 5.07. The predicted molar refractivity (Wildman–Crippen MR) is 102 cm³/mol. The standard InChI is InChI=1S/C17H20Cl2N2O2S/c1-5-23-16(22)13-10(4)20-17(24-9(2)3)21-15(13)11-7-6-8-12(18)14(11)19/h6-9,15H,5H2,1-4H3,(H,20,21)/t15-/m1/s1. The summed E-state index contributed by atoms with van der Waals surface area (Å²) in [7, 11) is 0. The van der Waals surface area contributed by atoms with Gasteiger partial charge in [0.25, 0.3) is 0 Å². The Morgan fingerprint density at radius 1 is 1.42 bits per heavy atom. The Bertz CT molecular complexity index is 702. The molecule has 1 aliphatic rings. The number of nitrogens with zero attached hydrogens (tertiary/aromatic N) is 1. The van der Waals surface area contributed by atoms with Gasteiger partial charge in [0.1, 0.15) is 6.04 Å². The molecule has 2 rings (SSSR count). The van der Waals surface area contributed by atoms with Crippen molar-refractivity contribution in [3.63, 3.8) is 0 Å². The molecule has 1 heterocycles. The van der Waals surface area contributed by atoms with Gasteiger partial charge >= 0.3 is 5.97 Å². The first-order valence-corrected chi connectivity index (χ1v) is 9.32. The summed E-state index contributed by atoms with van der Waals surface area (Å²) in [6.45, 7) is 8.07. The number of benzene rings is 1. The van der Waals surface area contributed by atoms with Gasteiger partial charge in [-0.1, -0.05) is 60.9 Å². The van der Waals surface area contributed by atoms with Crippen molar-refractivity contribution < 1.29 is 9.53 Å². The maximum Gasteiger partial charge on any atom is 0.338 e. The van der Waals surface area contributed by atoms with Crippen molar-refractivity contribution in [3.8, 4) is 0 Å². The molecule has 0 amide bonds. The van der Waals surface area contributed by atoms with Gasteiger partial charge in [-0.15, -0.1) is 0 Å². The highest BCUT2D eigenvalue weighted by atomic mass is 35.5. The minimum absolute atomic E-state index is 0.295. The summed E-state index contributed by atoms with van der Waals surface area (Å²) in [6, 6.07) is 4.80. The highest BCUT2D eigenvalue weighted by Gasteiger charge is 2.32. The predicted octanol–water partition coefficient (Wildman–Crippen LogP) is 4.97. The van der Waals surface area contributed by atoms with E-state index in [2.05, 4.69) is 19.2 Å². The molecule has 1 aromatic rings. The van der Waals surface area contributed by atoms with Gasteiger partial charge < -0.3 is 10.1 Å². The fraction of sp³-hybridized carbons (Fsp3) is 0.412. The highest BCUT2D eigenvalue weighted by Crippen LogP contribution is 2.39. The van der Waals surface area contributed by atoms with Crippen molar-refractivity contribution >= 4 is 46.1 Å². The van der Waals surface area contributed by atoms with E-state index in [0.29, 0.717) is 38.7 Å². The lowest BCUT2D eigenvalue weighted by molar-refractivity contribution is -0.138. The largest absolute Gasteiger partial charge is 0.463 e. The van der Waals surface area contributed by atoms with E-state index in [1.165, 1.54) is 0 Å². The Balaban J connectivity index is 2.53. The van der Waals surface area contributed by atoms with Crippen LogP contribution >= 0.6 is 35.0 Å². The number of nitrogens with one attached hydrogen (secondary N) is 1. The molecule has 0 bridgehead atoms. The molecule has 0 saturated heterocycles. The first-order chi connectivity index (χ1) is 11.3. The molecule has 0 aliphatic carbocycles. The molecule has 0 spiro atoms. The third kappa shape index (κ3) is 4.26. The number of hydrogen-bond donors (Lipinski definition) is 1. The first-order valence-electron chi connectivity index (χ1n) is 7.68. The van der Waals surface area contributed by atoms with Crippen molar-refractivity contribution in [3.05, 3.63) is 45.1 Å². The highest BCUT2D eigenvalue weighted by molar-refractivity contribution is 8.14. The zero-order valence-corrected chi connectivity index (χ0v) is 16.4. The molecule has 0 saturated carbocycles. The van der Waals surface area contributed by atoms with Crippen LogP contribution in [0.2, 0.25) is 10.0 Å². The lowest BCUT2D eigenvalue weighted by atomic mass is 9.96. The van der Waals surface area contributed by atoms with Crippen LogP contribution < -0.4 is 5.32 Å². The number of carbonyl (C=O) groups excluding carboxylic acids is 1. The van der Waals surface area contributed by atoms with Gasteiger partial charge in [0.15, 0.2) is 5.17 Å². The van der Waals surface area contributed by atoms with Gasteiger partial charge in [-0.2, -0.15) is 0 Å². The summed E-state index contributed by atoms with van der Waals surface area (Å²) < 4.78 is 5.20. The van der Waals surface area contributed by atoms with Crippen LogP contribution in [-0.4, -0.2) is 23.0 Å². The summed E-state index contributed by atoms with van der Waals surface area (Å²) in [5, 5.41) is 5.12. The number of thioether (sulfide) groups is 1. The van der Waals surface area contributed by atoms with Crippen molar-refractivity contribution in [2.45, 2.75) is 39.0 Å². The van der Waals surface area contributed by atoms with E-state index in [1.54, 1.807) is 30.8 Å². The molecular formula is C17H20Cl2N2O2S. The number of rotatable bonds is 4. The molecule has 0 aromatic heterocycles. The fourth-order valence-corrected chi connectivity index (χ4v) is 3.60. The molecule has 130 valence electrons. The molecule has 4 nitrogen and oxygen atoms in total. The van der Waals surface area contributed by atoms with E-state index in [-0.39, 0.29) is 0 Å². The van der Waals surface area contributed by atoms with Crippen LogP contribution in [0.25, 0.3) is 0 Å². The molecule has 7 heteroatoms. The Kier molecular flexibility index (Phi) is 6.61. The lowest BCUT2D eigenvalue weighted by Crippen LogP contribution is -2.31. The molecule has 24 heavy (non-hydrogen) atoms. The van der Waals surface area contributed by atoms with Gasteiger partial charge in [-0.05, 0) is 19.9 Å². The molecule has 1 aliphatic heterocycles. The number of hydrogen-bond acceptors (Lipinski definition) is 5. The SMILES string of the molecule is CCOC(=O)C1=C(C)NC(SC(C)C)=N[C@@H]1c1cccc(Cl)c1Cl. The number of amidine groups is 1. The molecule has 0 unspecified atom stereocenters. The number of esters is 1. The number of carbonyl (C=O) groups is 1. The topological polar surface area (TPSA) is 50.7 Å². The van der Waals surface area contributed by atoms with Crippen LogP contribution in [-0.2, 0) is 9.53 Å². The fourth-order valence-electron chi connectivity index (χ4n) is 2.36. The number of allylic oxidation sites excluding steroid dienone is 1. The minimum Gasteiger partial charge on any atom is -0.463 e. The number of ether oxygens (including phenoxy) is 1. The van der Waals surface area contributed by atoms with Crippen LogP contribution in [0.15, 0.2) is 34.5 Å². The van der Waals surface area contributed by atoms with E-state index < -0.39 is 12.0 Å². The van der Waals surface area contributed by atoms with Gasteiger partial charge in [0.2, 0.25) is 0 Å². The van der Waals surface area contributed by atoms with Crippen LogP contribution in [0, 0.1) is 0 Å². The smallest absolute Gasteiger partial charge is 0.338 e. The maximum absolute atomic E-state index is 12.4. The van der Waals surface area contributed by atoms with Gasteiger partial charge in [-0.25, -0.2) is 9.79 Å². The molecule has 1 N–H and O–H groups in total. The van der Waals surface area contributed by atoms with Gasteiger partial charge in [-0.3, -0.25) is 0 Å². The molecule has 0 radical (unpaired) electrons. The third-order valence-electron chi connectivity index (χ3n) is 3.34. The molecule has 1 atom stereocenters. The summed E-state index contributed by atoms with van der Waals surface area (Å²) in [5.74, 6) is -0.402. The lowest BCUT2D eigenvalue weighted by Gasteiger charge is -2.27. The Morgan fingerprint density at radius 3 is 2.75 bits per heavy atom. The van der Waals surface area contributed by atoms with Crippen LogP contribution in [0.4, 0.5) is 0 Å². The van der Waals surface area contributed by atoms with E-state index >= 15 is 0 Å². The van der Waals surface area contributed by atoms with E-state index in [4.69, 9.17) is 32.9 Å². The number of aliphatic imine (C=N–C) groups is 1.